The van der Waals surface area contributed by atoms with Crippen molar-refractivity contribution in [1.29, 1.82) is 0 Å². The lowest BCUT2D eigenvalue weighted by Gasteiger charge is -2.18. The molecule has 1 aromatic rings. The highest BCUT2D eigenvalue weighted by Crippen LogP contribution is 2.54. The summed E-state index contributed by atoms with van der Waals surface area (Å²) in [5, 5.41) is 4.97. The van der Waals surface area contributed by atoms with E-state index in [1.54, 1.807) is 0 Å². The second-order valence-corrected chi connectivity index (χ2v) is 6.36. The Bertz CT molecular complexity index is 442. The number of halogens is 2. The Morgan fingerprint density at radius 2 is 2.00 bits per heavy atom. The van der Waals surface area contributed by atoms with Gasteiger partial charge >= 0.3 is 0 Å². The van der Waals surface area contributed by atoms with Crippen molar-refractivity contribution in [3.8, 4) is 0 Å². The van der Waals surface area contributed by atoms with Crippen molar-refractivity contribution in [2.75, 3.05) is 6.54 Å². The van der Waals surface area contributed by atoms with Gasteiger partial charge in [0.25, 0.3) is 0 Å². The van der Waals surface area contributed by atoms with E-state index >= 15 is 0 Å². The van der Waals surface area contributed by atoms with Crippen LogP contribution in [0.1, 0.15) is 31.7 Å². The van der Waals surface area contributed by atoms with E-state index < -0.39 is 0 Å². The van der Waals surface area contributed by atoms with Gasteiger partial charge in [0, 0.05) is 18.0 Å². The molecule has 17 heavy (non-hydrogen) atoms. The molecule has 2 aliphatic rings. The third kappa shape index (κ3) is 2.21. The number of hydrogen-bond acceptors (Lipinski definition) is 1. The molecule has 3 rings (SSSR count). The highest BCUT2D eigenvalue weighted by molar-refractivity contribution is 6.42. The third-order valence-electron chi connectivity index (χ3n) is 4.23. The molecular formula is C14H17Cl2N. The number of hydrogen-bond donors (Lipinski definition) is 1. The Balaban J connectivity index is 1.81. The summed E-state index contributed by atoms with van der Waals surface area (Å²) in [4.78, 5) is 0. The molecule has 2 aliphatic carbocycles. The van der Waals surface area contributed by atoms with Crippen LogP contribution in [0.15, 0.2) is 18.2 Å². The minimum Gasteiger partial charge on any atom is -0.313 e. The second kappa shape index (κ2) is 4.15. The van der Waals surface area contributed by atoms with E-state index in [4.69, 9.17) is 23.2 Å². The lowest BCUT2D eigenvalue weighted by molar-refractivity contribution is 0.541. The van der Waals surface area contributed by atoms with Crippen LogP contribution in [0.3, 0.4) is 0 Å². The fourth-order valence-electron chi connectivity index (χ4n) is 2.66. The summed E-state index contributed by atoms with van der Waals surface area (Å²) >= 11 is 12.1. The fourth-order valence-corrected chi connectivity index (χ4v) is 2.96. The molecule has 1 N–H and O–H groups in total. The Morgan fingerprint density at radius 1 is 1.29 bits per heavy atom. The summed E-state index contributed by atoms with van der Waals surface area (Å²) in [7, 11) is 0. The minimum atomic E-state index is 0.302. The molecule has 0 amide bonds. The highest BCUT2D eigenvalue weighted by atomic mass is 35.5. The molecule has 2 atom stereocenters. The van der Waals surface area contributed by atoms with Gasteiger partial charge in [-0.25, -0.2) is 0 Å². The normalized spacial score (nSPS) is 31.6. The first-order chi connectivity index (χ1) is 8.12. The van der Waals surface area contributed by atoms with Gasteiger partial charge in [0.05, 0.1) is 10.0 Å². The zero-order chi connectivity index (χ0) is 12.0. The maximum Gasteiger partial charge on any atom is 0.0595 e. The van der Waals surface area contributed by atoms with Crippen molar-refractivity contribution in [2.45, 2.75) is 37.6 Å². The average molecular weight is 270 g/mol. The van der Waals surface area contributed by atoms with E-state index in [0.29, 0.717) is 15.5 Å². The summed E-state index contributed by atoms with van der Waals surface area (Å²) in [5.41, 5.74) is 1.64. The number of rotatable bonds is 4. The van der Waals surface area contributed by atoms with Gasteiger partial charge in [0.2, 0.25) is 0 Å². The van der Waals surface area contributed by atoms with Crippen molar-refractivity contribution < 1.29 is 0 Å². The van der Waals surface area contributed by atoms with Crippen LogP contribution < -0.4 is 5.32 Å². The smallest absolute Gasteiger partial charge is 0.0595 e. The van der Waals surface area contributed by atoms with Gasteiger partial charge in [0.15, 0.2) is 0 Å². The monoisotopic (exact) mass is 269 g/mol. The lowest BCUT2D eigenvalue weighted by Crippen LogP contribution is -2.29. The fraction of sp³-hybridized carbons (Fsp3) is 0.571. The molecule has 0 spiro atoms. The molecular weight excluding hydrogens is 253 g/mol. The predicted molar refractivity (Wildman–Crippen MR) is 72.9 cm³/mol. The summed E-state index contributed by atoms with van der Waals surface area (Å²) in [6.45, 7) is 3.40. The van der Waals surface area contributed by atoms with Gasteiger partial charge in [0.1, 0.15) is 0 Å². The van der Waals surface area contributed by atoms with E-state index in [-0.39, 0.29) is 0 Å². The molecule has 0 aromatic heterocycles. The molecule has 0 heterocycles. The number of benzene rings is 1. The van der Waals surface area contributed by atoms with E-state index in [9.17, 15) is 0 Å². The standard InChI is InChI=1S/C14H17Cl2N/c1-9-7-14(9,8-17-11-3-4-11)10-2-5-12(15)13(16)6-10/h2,5-6,9,11,17H,3-4,7-8H2,1H3. The van der Waals surface area contributed by atoms with Gasteiger partial charge in [-0.2, -0.15) is 0 Å². The van der Waals surface area contributed by atoms with Crippen LogP contribution in [0.5, 0.6) is 0 Å². The average Bonchev–Trinajstić information content (AvgIpc) is 3.17. The van der Waals surface area contributed by atoms with Gasteiger partial charge in [-0.1, -0.05) is 36.2 Å². The lowest BCUT2D eigenvalue weighted by atomic mass is 9.93. The molecule has 2 saturated carbocycles. The van der Waals surface area contributed by atoms with Crippen LogP contribution in [0, 0.1) is 5.92 Å². The van der Waals surface area contributed by atoms with Crippen LogP contribution in [0.2, 0.25) is 10.0 Å². The number of nitrogens with one attached hydrogen (secondary N) is 1. The molecule has 0 aliphatic heterocycles. The van der Waals surface area contributed by atoms with Gasteiger partial charge in [-0.3, -0.25) is 0 Å². The highest BCUT2D eigenvalue weighted by Gasteiger charge is 2.52. The first-order valence-corrected chi connectivity index (χ1v) is 7.06. The molecule has 92 valence electrons. The minimum absolute atomic E-state index is 0.302. The largest absolute Gasteiger partial charge is 0.313 e. The van der Waals surface area contributed by atoms with E-state index in [1.165, 1.54) is 24.8 Å². The molecule has 2 fully saturated rings. The molecule has 1 nitrogen and oxygen atoms in total. The van der Waals surface area contributed by atoms with Crippen LogP contribution >= 0.6 is 23.2 Å². The Labute approximate surface area is 112 Å². The van der Waals surface area contributed by atoms with Crippen molar-refractivity contribution in [3.63, 3.8) is 0 Å². The molecule has 0 bridgehead atoms. The van der Waals surface area contributed by atoms with Gasteiger partial charge < -0.3 is 5.32 Å². The topological polar surface area (TPSA) is 12.0 Å². The molecule has 1 aromatic carbocycles. The van der Waals surface area contributed by atoms with Crippen molar-refractivity contribution in [1.82, 2.24) is 5.32 Å². The summed E-state index contributed by atoms with van der Waals surface area (Å²) in [6.07, 6.45) is 3.93. The van der Waals surface area contributed by atoms with E-state index in [2.05, 4.69) is 18.3 Å². The predicted octanol–water partition coefficient (Wildman–Crippen LogP) is 4.02. The maximum atomic E-state index is 6.12. The van der Waals surface area contributed by atoms with Gasteiger partial charge in [-0.05, 0) is 42.9 Å². The first kappa shape index (κ1) is 11.8. The molecule has 0 radical (unpaired) electrons. The Morgan fingerprint density at radius 3 is 2.53 bits per heavy atom. The summed E-state index contributed by atoms with van der Waals surface area (Å²) in [5.74, 6) is 0.742. The molecule has 3 heteroatoms. The van der Waals surface area contributed by atoms with E-state index in [0.717, 1.165) is 18.5 Å². The van der Waals surface area contributed by atoms with Crippen molar-refractivity contribution in [3.05, 3.63) is 33.8 Å². The summed E-state index contributed by atoms with van der Waals surface area (Å²) in [6, 6.07) is 6.86. The first-order valence-electron chi connectivity index (χ1n) is 6.31. The quantitative estimate of drug-likeness (QED) is 0.871. The Hall–Kier alpha value is -0.240. The van der Waals surface area contributed by atoms with Crippen LogP contribution in [-0.2, 0) is 5.41 Å². The maximum absolute atomic E-state index is 6.12. The van der Waals surface area contributed by atoms with Crippen LogP contribution in [0.25, 0.3) is 0 Å². The summed E-state index contributed by atoms with van der Waals surface area (Å²) < 4.78 is 0. The second-order valence-electron chi connectivity index (χ2n) is 5.55. The molecule has 0 saturated heterocycles. The van der Waals surface area contributed by atoms with Crippen molar-refractivity contribution in [2.24, 2.45) is 5.92 Å². The van der Waals surface area contributed by atoms with E-state index in [1.807, 2.05) is 12.1 Å². The zero-order valence-electron chi connectivity index (χ0n) is 9.97. The van der Waals surface area contributed by atoms with Crippen LogP contribution in [-0.4, -0.2) is 12.6 Å². The van der Waals surface area contributed by atoms with Crippen LogP contribution in [0.4, 0.5) is 0 Å². The zero-order valence-corrected chi connectivity index (χ0v) is 11.5. The molecule has 2 unspecified atom stereocenters. The van der Waals surface area contributed by atoms with Gasteiger partial charge in [-0.15, -0.1) is 0 Å². The SMILES string of the molecule is CC1CC1(CNC1CC1)c1ccc(Cl)c(Cl)c1. The third-order valence-corrected chi connectivity index (χ3v) is 4.97. The van der Waals surface area contributed by atoms with Crippen molar-refractivity contribution >= 4 is 23.2 Å². The Kier molecular flexibility index (Phi) is 2.89.